The fourth-order valence-corrected chi connectivity index (χ4v) is 0.878. The largest absolute Gasteiger partial charge is 0.468 e. The van der Waals surface area contributed by atoms with Gasteiger partial charge in [0.05, 0.1) is 7.11 Å². The Labute approximate surface area is 71.6 Å². The summed E-state index contributed by atoms with van der Waals surface area (Å²) in [7, 11) is 2.79. The zero-order chi connectivity index (χ0) is 9.72. The first-order valence-corrected chi connectivity index (χ1v) is 3.56. The Kier molecular flexibility index (Phi) is 4.18. The standard InChI is InChI=1S/C8H13NO3/c1-5(9-3)7(6(2)10)8(11)12-4/h7H,1-4H3/b9-5+. The van der Waals surface area contributed by atoms with Gasteiger partial charge in [0.2, 0.25) is 0 Å². The minimum Gasteiger partial charge on any atom is -0.468 e. The molecule has 0 aliphatic rings. The van der Waals surface area contributed by atoms with Crippen molar-refractivity contribution in [1.29, 1.82) is 0 Å². The van der Waals surface area contributed by atoms with Gasteiger partial charge in [-0.3, -0.25) is 14.6 Å². The summed E-state index contributed by atoms with van der Waals surface area (Å²) in [5.74, 6) is -1.63. The Morgan fingerprint density at radius 2 is 1.83 bits per heavy atom. The van der Waals surface area contributed by atoms with Gasteiger partial charge in [0.1, 0.15) is 5.78 Å². The van der Waals surface area contributed by atoms with Crippen LogP contribution < -0.4 is 0 Å². The molecule has 0 N–H and O–H groups in total. The second kappa shape index (κ2) is 4.64. The average Bonchev–Trinajstić information content (AvgIpc) is 2.03. The fraction of sp³-hybridized carbons (Fsp3) is 0.625. The molecule has 0 aromatic heterocycles. The van der Waals surface area contributed by atoms with E-state index in [2.05, 4.69) is 9.73 Å². The smallest absolute Gasteiger partial charge is 0.321 e. The van der Waals surface area contributed by atoms with Gasteiger partial charge in [-0.15, -0.1) is 0 Å². The van der Waals surface area contributed by atoms with E-state index in [4.69, 9.17) is 0 Å². The van der Waals surface area contributed by atoms with Crippen LogP contribution in [0.25, 0.3) is 0 Å². The molecule has 0 aliphatic carbocycles. The molecule has 0 aromatic rings. The van der Waals surface area contributed by atoms with Crippen LogP contribution in [0, 0.1) is 5.92 Å². The van der Waals surface area contributed by atoms with Crippen LogP contribution in [0.2, 0.25) is 0 Å². The van der Waals surface area contributed by atoms with E-state index in [1.807, 2.05) is 0 Å². The van der Waals surface area contributed by atoms with Crippen LogP contribution in [0.1, 0.15) is 13.8 Å². The maximum absolute atomic E-state index is 11.0. The summed E-state index contributed by atoms with van der Waals surface area (Å²) < 4.78 is 4.46. The summed E-state index contributed by atoms with van der Waals surface area (Å²) in [5, 5.41) is 0. The number of rotatable bonds is 3. The molecule has 0 amide bonds. The number of hydrogen-bond donors (Lipinski definition) is 0. The number of carbonyl (C=O) groups is 2. The van der Waals surface area contributed by atoms with Gasteiger partial charge in [0.15, 0.2) is 5.92 Å². The molecule has 0 saturated carbocycles. The second-order valence-electron chi connectivity index (χ2n) is 2.43. The van der Waals surface area contributed by atoms with Gasteiger partial charge in [-0.25, -0.2) is 0 Å². The summed E-state index contributed by atoms with van der Waals surface area (Å²) in [5.41, 5.74) is 0.481. The number of carbonyl (C=O) groups excluding carboxylic acids is 2. The lowest BCUT2D eigenvalue weighted by molar-refractivity contribution is -0.145. The van der Waals surface area contributed by atoms with E-state index in [0.29, 0.717) is 5.71 Å². The van der Waals surface area contributed by atoms with Crippen molar-refractivity contribution in [3.63, 3.8) is 0 Å². The number of esters is 1. The van der Waals surface area contributed by atoms with E-state index >= 15 is 0 Å². The number of ether oxygens (including phenoxy) is 1. The molecule has 0 aromatic carbocycles. The maximum Gasteiger partial charge on any atom is 0.321 e. The van der Waals surface area contributed by atoms with Crippen LogP contribution in [-0.4, -0.2) is 31.6 Å². The van der Waals surface area contributed by atoms with Crippen LogP contribution in [0.4, 0.5) is 0 Å². The number of ketones is 1. The first-order chi connectivity index (χ1) is 5.54. The van der Waals surface area contributed by atoms with Gasteiger partial charge in [-0.2, -0.15) is 0 Å². The van der Waals surface area contributed by atoms with Crippen LogP contribution in [0.15, 0.2) is 4.99 Å². The lowest BCUT2D eigenvalue weighted by Gasteiger charge is -2.09. The molecule has 68 valence electrons. The fourth-order valence-electron chi connectivity index (χ4n) is 0.878. The minimum absolute atomic E-state index is 0.245. The zero-order valence-electron chi connectivity index (χ0n) is 7.75. The molecule has 1 unspecified atom stereocenters. The molecule has 0 aliphatic heterocycles. The van der Waals surface area contributed by atoms with Gasteiger partial charge in [0, 0.05) is 12.8 Å². The van der Waals surface area contributed by atoms with Crippen molar-refractivity contribution in [3.05, 3.63) is 0 Å². The van der Waals surface area contributed by atoms with E-state index in [9.17, 15) is 9.59 Å². The zero-order valence-corrected chi connectivity index (χ0v) is 7.75. The Hall–Kier alpha value is -1.19. The monoisotopic (exact) mass is 171 g/mol. The molecule has 0 spiro atoms. The Morgan fingerprint density at radius 3 is 2.08 bits per heavy atom. The van der Waals surface area contributed by atoms with E-state index in [0.717, 1.165) is 0 Å². The summed E-state index contributed by atoms with van der Waals surface area (Å²) in [6, 6.07) is 0. The van der Waals surface area contributed by atoms with E-state index in [1.54, 1.807) is 6.92 Å². The summed E-state index contributed by atoms with van der Waals surface area (Å²) >= 11 is 0. The van der Waals surface area contributed by atoms with Crippen molar-refractivity contribution in [1.82, 2.24) is 0 Å². The Balaban J connectivity index is 4.67. The first kappa shape index (κ1) is 10.8. The highest BCUT2D eigenvalue weighted by Crippen LogP contribution is 2.04. The van der Waals surface area contributed by atoms with E-state index in [1.165, 1.54) is 21.1 Å². The first-order valence-electron chi connectivity index (χ1n) is 3.56. The molecule has 0 rings (SSSR count). The minimum atomic E-state index is -0.833. The molecule has 0 radical (unpaired) electrons. The molecule has 0 fully saturated rings. The van der Waals surface area contributed by atoms with Crippen molar-refractivity contribution in [2.45, 2.75) is 13.8 Å². The molecule has 0 saturated heterocycles. The van der Waals surface area contributed by atoms with Crippen LogP contribution >= 0.6 is 0 Å². The number of aliphatic imine (C=N–C) groups is 1. The van der Waals surface area contributed by atoms with E-state index < -0.39 is 11.9 Å². The van der Waals surface area contributed by atoms with Gasteiger partial charge >= 0.3 is 5.97 Å². The van der Waals surface area contributed by atoms with Gasteiger partial charge in [-0.1, -0.05) is 0 Å². The quantitative estimate of drug-likeness (QED) is 0.352. The van der Waals surface area contributed by atoms with Gasteiger partial charge < -0.3 is 4.74 Å². The van der Waals surface area contributed by atoms with Crippen molar-refractivity contribution in [2.24, 2.45) is 10.9 Å². The maximum atomic E-state index is 11.0. The average molecular weight is 171 g/mol. The van der Waals surface area contributed by atoms with Crippen LogP contribution in [0.5, 0.6) is 0 Å². The molecule has 1 atom stereocenters. The highest BCUT2D eigenvalue weighted by Gasteiger charge is 2.26. The molecular weight excluding hydrogens is 158 g/mol. The normalized spacial score (nSPS) is 13.8. The third-order valence-electron chi connectivity index (χ3n) is 1.61. The highest BCUT2D eigenvalue weighted by atomic mass is 16.5. The van der Waals surface area contributed by atoms with Crippen molar-refractivity contribution < 1.29 is 14.3 Å². The topological polar surface area (TPSA) is 55.7 Å². The van der Waals surface area contributed by atoms with Crippen molar-refractivity contribution in [2.75, 3.05) is 14.2 Å². The summed E-state index contributed by atoms with van der Waals surface area (Å²) in [6.07, 6.45) is 0. The number of methoxy groups -OCH3 is 1. The molecular formula is C8H13NO3. The Morgan fingerprint density at radius 1 is 1.33 bits per heavy atom. The molecule has 0 bridgehead atoms. The van der Waals surface area contributed by atoms with Crippen LogP contribution in [0.3, 0.4) is 0 Å². The number of nitrogens with zero attached hydrogens (tertiary/aromatic N) is 1. The number of hydrogen-bond acceptors (Lipinski definition) is 4. The second-order valence-corrected chi connectivity index (χ2v) is 2.43. The highest BCUT2D eigenvalue weighted by molar-refractivity contribution is 6.17. The van der Waals surface area contributed by atoms with E-state index in [-0.39, 0.29) is 5.78 Å². The predicted molar refractivity (Wildman–Crippen MR) is 45.2 cm³/mol. The predicted octanol–water partition coefficient (Wildman–Crippen LogP) is 0.455. The molecule has 12 heavy (non-hydrogen) atoms. The van der Waals surface area contributed by atoms with Crippen molar-refractivity contribution >= 4 is 17.5 Å². The van der Waals surface area contributed by atoms with Gasteiger partial charge in [-0.05, 0) is 13.8 Å². The third-order valence-corrected chi connectivity index (χ3v) is 1.61. The lowest BCUT2D eigenvalue weighted by atomic mass is 10.0. The van der Waals surface area contributed by atoms with Crippen molar-refractivity contribution in [3.8, 4) is 0 Å². The summed E-state index contributed by atoms with van der Waals surface area (Å²) in [4.78, 5) is 25.8. The van der Waals surface area contributed by atoms with Gasteiger partial charge in [0.25, 0.3) is 0 Å². The molecule has 4 nitrogen and oxygen atoms in total. The molecule has 4 heteroatoms. The lowest BCUT2D eigenvalue weighted by Crippen LogP contribution is -2.29. The Bertz CT molecular complexity index is 220. The third kappa shape index (κ3) is 2.45. The molecule has 0 heterocycles. The number of Topliss-reactive ketones (excluding diaryl/α,β-unsaturated/α-hetero) is 1. The summed E-state index contributed by atoms with van der Waals surface area (Å²) in [6.45, 7) is 2.97. The SMILES string of the molecule is C/N=C(\C)C(C(C)=O)C(=O)OC. The van der Waals surface area contributed by atoms with Crippen LogP contribution in [-0.2, 0) is 14.3 Å².